The van der Waals surface area contributed by atoms with E-state index in [-0.39, 0.29) is 17.0 Å². The molecule has 1 amide bonds. The Hall–Kier alpha value is -0.790. The summed E-state index contributed by atoms with van der Waals surface area (Å²) in [5, 5.41) is 0. The van der Waals surface area contributed by atoms with E-state index in [1.54, 1.807) is 6.08 Å². The maximum atomic E-state index is 11.5. The highest BCUT2D eigenvalue weighted by Gasteiger charge is 2.39. The van der Waals surface area contributed by atoms with Gasteiger partial charge in [0.15, 0.2) is 0 Å². The summed E-state index contributed by atoms with van der Waals surface area (Å²) in [6.45, 7) is 14.3. The highest BCUT2D eigenvalue weighted by molar-refractivity contribution is 5.92. The summed E-state index contributed by atoms with van der Waals surface area (Å²) in [6, 6.07) is 0. The van der Waals surface area contributed by atoms with Crippen molar-refractivity contribution < 1.29 is 4.79 Å². The van der Waals surface area contributed by atoms with Crippen molar-refractivity contribution in [1.82, 2.24) is 4.90 Å². The fourth-order valence-corrected chi connectivity index (χ4v) is 1.90. The van der Waals surface area contributed by atoms with Crippen molar-refractivity contribution in [2.24, 2.45) is 0 Å². The lowest BCUT2D eigenvalue weighted by Gasteiger charge is -2.42. The van der Waals surface area contributed by atoms with E-state index >= 15 is 0 Å². The van der Waals surface area contributed by atoms with Crippen LogP contribution in [-0.4, -0.2) is 21.9 Å². The molecule has 0 aromatic carbocycles. The van der Waals surface area contributed by atoms with E-state index in [4.69, 9.17) is 0 Å². The lowest BCUT2D eigenvalue weighted by molar-refractivity contribution is -0.133. The van der Waals surface area contributed by atoms with Crippen molar-refractivity contribution in [3.05, 3.63) is 12.2 Å². The Labute approximate surface area is 88.0 Å². The Morgan fingerprint density at radius 2 is 1.64 bits per heavy atom. The monoisotopic (exact) mass is 197 g/mol. The van der Waals surface area contributed by atoms with Gasteiger partial charge in [-0.05, 0) is 34.6 Å². The van der Waals surface area contributed by atoms with Gasteiger partial charge in [0, 0.05) is 11.6 Å². The highest BCUT2D eigenvalue weighted by atomic mass is 16.2. The van der Waals surface area contributed by atoms with Crippen LogP contribution < -0.4 is 0 Å². The smallest absolute Gasteiger partial charge is 0.247 e. The molecule has 0 aromatic heterocycles. The van der Waals surface area contributed by atoms with Gasteiger partial charge < -0.3 is 4.90 Å². The molecule has 0 fully saturated rings. The van der Waals surface area contributed by atoms with Crippen molar-refractivity contribution in [3.63, 3.8) is 0 Å². The third-order valence-corrected chi connectivity index (χ3v) is 2.10. The molecule has 1 heterocycles. The van der Waals surface area contributed by atoms with Crippen molar-refractivity contribution in [2.45, 2.75) is 59.5 Å². The average molecular weight is 197 g/mol. The van der Waals surface area contributed by atoms with E-state index in [2.05, 4.69) is 34.6 Å². The molecule has 0 radical (unpaired) electrons. The van der Waals surface area contributed by atoms with Crippen molar-refractivity contribution in [3.8, 4) is 0 Å². The van der Waals surface area contributed by atoms with Crippen LogP contribution in [-0.2, 0) is 4.79 Å². The number of amides is 1. The first-order chi connectivity index (χ1) is 6.25. The Kier molecular flexibility index (Phi) is 3.92. The fourth-order valence-electron chi connectivity index (χ4n) is 1.90. The molecular formula is C12H23NO. The number of nitrogens with zero attached hydrogens (tertiary/aromatic N) is 1. The zero-order valence-corrected chi connectivity index (χ0v) is 10.5. The summed E-state index contributed by atoms with van der Waals surface area (Å²) in [6.07, 6.45) is 3.62. The second-order valence-electron chi connectivity index (χ2n) is 4.83. The molecule has 0 spiro atoms. The molecule has 0 saturated carbocycles. The molecule has 0 saturated heterocycles. The van der Waals surface area contributed by atoms with Crippen LogP contribution in [0.1, 0.15) is 48.5 Å². The molecule has 0 atom stereocenters. The SMILES string of the molecule is CC.CC(C)(C)N1C(=O)C=CC1(C)C. The summed E-state index contributed by atoms with van der Waals surface area (Å²) in [5.74, 6) is 0.118. The number of hydrogen-bond donors (Lipinski definition) is 0. The molecule has 1 rings (SSSR count). The zero-order chi connectivity index (χ0) is 11.6. The van der Waals surface area contributed by atoms with Crippen LogP contribution in [0.25, 0.3) is 0 Å². The molecule has 0 N–H and O–H groups in total. The van der Waals surface area contributed by atoms with Gasteiger partial charge in [-0.25, -0.2) is 0 Å². The van der Waals surface area contributed by atoms with E-state index < -0.39 is 0 Å². The topological polar surface area (TPSA) is 20.3 Å². The van der Waals surface area contributed by atoms with Crippen LogP contribution in [0.3, 0.4) is 0 Å². The molecule has 2 heteroatoms. The summed E-state index contributed by atoms with van der Waals surface area (Å²) < 4.78 is 0. The van der Waals surface area contributed by atoms with Gasteiger partial charge in [0.1, 0.15) is 0 Å². The second kappa shape index (κ2) is 4.16. The molecule has 0 unspecified atom stereocenters. The summed E-state index contributed by atoms with van der Waals surface area (Å²) in [7, 11) is 0. The molecule has 0 aliphatic carbocycles. The molecular weight excluding hydrogens is 174 g/mol. The minimum absolute atomic E-state index is 0.0932. The lowest BCUT2D eigenvalue weighted by atomic mass is 9.97. The zero-order valence-electron chi connectivity index (χ0n) is 10.5. The predicted molar refractivity (Wildman–Crippen MR) is 61.2 cm³/mol. The van der Waals surface area contributed by atoms with Crippen molar-refractivity contribution in [2.75, 3.05) is 0 Å². The number of hydrogen-bond acceptors (Lipinski definition) is 1. The van der Waals surface area contributed by atoms with E-state index in [0.717, 1.165) is 0 Å². The standard InChI is InChI=1S/C10H17NO.C2H6/c1-9(2,3)11-8(12)6-7-10(11,4)5;1-2/h6-7H,1-5H3;1-2H3. The van der Waals surface area contributed by atoms with Gasteiger partial charge in [-0.2, -0.15) is 0 Å². The van der Waals surface area contributed by atoms with Gasteiger partial charge in [-0.3, -0.25) is 4.79 Å². The molecule has 2 nitrogen and oxygen atoms in total. The van der Waals surface area contributed by atoms with Crippen LogP contribution in [0.4, 0.5) is 0 Å². The Bertz CT molecular complexity index is 233. The Morgan fingerprint density at radius 1 is 1.21 bits per heavy atom. The maximum absolute atomic E-state index is 11.5. The third-order valence-electron chi connectivity index (χ3n) is 2.10. The third kappa shape index (κ3) is 2.60. The van der Waals surface area contributed by atoms with Gasteiger partial charge in [0.25, 0.3) is 0 Å². The van der Waals surface area contributed by atoms with Gasteiger partial charge in [0.2, 0.25) is 5.91 Å². The van der Waals surface area contributed by atoms with E-state index in [1.165, 1.54) is 0 Å². The fraction of sp³-hybridized carbons (Fsp3) is 0.750. The highest BCUT2D eigenvalue weighted by Crippen LogP contribution is 2.30. The average Bonchev–Trinajstić information content (AvgIpc) is 2.28. The van der Waals surface area contributed by atoms with Crippen molar-refractivity contribution in [1.29, 1.82) is 0 Å². The number of carbonyl (C=O) groups is 1. The molecule has 1 aliphatic heterocycles. The first-order valence-corrected chi connectivity index (χ1v) is 5.29. The second-order valence-corrected chi connectivity index (χ2v) is 4.83. The summed E-state index contributed by atoms with van der Waals surface area (Å²) in [4.78, 5) is 13.4. The lowest BCUT2D eigenvalue weighted by Crippen LogP contribution is -2.52. The van der Waals surface area contributed by atoms with E-state index in [1.807, 2.05) is 24.8 Å². The quantitative estimate of drug-likeness (QED) is 0.584. The van der Waals surface area contributed by atoms with Gasteiger partial charge >= 0.3 is 0 Å². The Morgan fingerprint density at radius 3 is 1.79 bits per heavy atom. The van der Waals surface area contributed by atoms with Gasteiger partial charge in [-0.15, -0.1) is 0 Å². The van der Waals surface area contributed by atoms with E-state index in [9.17, 15) is 4.79 Å². The van der Waals surface area contributed by atoms with Crippen LogP contribution in [0, 0.1) is 0 Å². The molecule has 82 valence electrons. The molecule has 0 aromatic rings. The van der Waals surface area contributed by atoms with Gasteiger partial charge in [0.05, 0.1) is 5.54 Å². The predicted octanol–water partition coefficient (Wildman–Crippen LogP) is 2.99. The first-order valence-electron chi connectivity index (χ1n) is 5.29. The Balaban J connectivity index is 0.000000791. The van der Waals surface area contributed by atoms with Crippen LogP contribution >= 0.6 is 0 Å². The van der Waals surface area contributed by atoms with Crippen molar-refractivity contribution >= 4 is 5.91 Å². The van der Waals surface area contributed by atoms with Crippen LogP contribution in [0.15, 0.2) is 12.2 Å². The molecule has 1 aliphatic rings. The maximum Gasteiger partial charge on any atom is 0.247 e. The van der Waals surface area contributed by atoms with Crippen LogP contribution in [0.2, 0.25) is 0 Å². The normalized spacial score (nSPS) is 19.4. The van der Waals surface area contributed by atoms with E-state index in [0.29, 0.717) is 0 Å². The summed E-state index contributed by atoms with van der Waals surface area (Å²) >= 11 is 0. The summed E-state index contributed by atoms with van der Waals surface area (Å²) in [5.41, 5.74) is -0.223. The van der Waals surface area contributed by atoms with Gasteiger partial charge in [-0.1, -0.05) is 19.9 Å². The minimum Gasteiger partial charge on any atom is -0.326 e. The molecule has 14 heavy (non-hydrogen) atoms. The molecule has 0 bridgehead atoms. The number of carbonyl (C=O) groups excluding carboxylic acids is 1. The number of rotatable bonds is 0. The first kappa shape index (κ1) is 13.2. The largest absolute Gasteiger partial charge is 0.326 e. The van der Waals surface area contributed by atoms with Crippen LogP contribution in [0.5, 0.6) is 0 Å². The minimum atomic E-state index is -0.130.